The Bertz CT molecular complexity index is 442. The molecule has 1 N–H and O–H groups in total. The highest BCUT2D eigenvalue weighted by Crippen LogP contribution is 2.16. The molecule has 2 aliphatic heterocycles. The maximum atomic E-state index is 5.37. The number of anilines is 2. The number of morpholine rings is 1. The van der Waals surface area contributed by atoms with Gasteiger partial charge in [-0.1, -0.05) is 12.8 Å². The summed E-state index contributed by atoms with van der Waals surface area (Å²) in [5.41, 5.74) is 0. The number of ether oxygens (including phenoxy) is 1. The second-order valence-corrected chi connectivity index (χ2v) is 6.02. The van der Waals surface area contributed by atoms with Crippen molar-refractivity contribution in [1.29, 1.82) is 0 Å². The molecule has 22 heavy (non-hydrogen) atoms. The molecule has 0 spiro atoms. The summed E-state index contributed by atoms with van der Waals surface area (Å²) in [6.07, 6.45) is 7.02. The van der Waals surface area contributed by atoms with E-state index >= 15 is 0 Å². The Balaban J connectivity index is 1.49. The van der Waals surface area contributed by atoms with Crippen LogP contribution in [0, 0.1) is 0 Å². The van der Waals surface area contributed by atoms with E-state index in [2.05, 4.69) is 25.1 Å². The lowest BCUT2D eigenvalue weighted by Gasteiger charge is -2.26. The molecule has 1 aromatic rings. The summed E-state index contributed by atoms with van der Waals surface area (Å²) in [6, 6.07) is 1.96. The molecule has 6 heteroatoms. The molecule has 3 heterocycles. The van der Waals surface area contributed by atoms with Crippen LogP contribution in [0.5, 0.6) is 0 Å². The van der Waals surface area contributed by atoms with Gasteiger partial charge in [0.2, 0.25) is 5.95 Å². The van der Waals surface area contributed by atoms with Crippen LogP contribution in [-0.2, 0) is 4.74 Å². The zero-order valence-corrected chi connectivity index (χ0v) is 13.3. The monoisotopic (exact) mass is 305 g/mol. The summed E-state index contributed by atoms with van der Waals surface area (Å²) < 4.78 is 5.37. The highest BCUT2D eigenvalue weighted by Gasteiger charge is 2.13. The summed E-state index contributed by atoms with van der Waals surface area (Å²) in [7, 11) is 0. The third-order valence-electron chi connectivity index (χ3n) is 4.37. The second-order valence-electron chi connectivity index (χ2n) is 6.02. The summed E-state index contributed by atoms with van der Waals surface area (Å²) in [5, 5.41) is 3.43. The lowest BCUT2D eigenvalue weighted by Crippen LogP contribution is -2.39. The maximum absolute atomic E-state index is 5.37. The first-order chi connectivity index (χ1) is 10.9. The number of rotatable bonds is 5. The Kier molecular flexibility index (Phi) is 5.84. The van der Waals surface area contributed by atoms with Crippen molar-refractivity contribution in [2.75, 3.05) is 62.7 Å². The molecule has 0 saturated carbocycles. The molecule has 0 atom stereocenters. The molecule has 0 aliphatic carbocycles. The molecule has 2 fully saturated rings. The standard InChI is InChI=1S/C16H27N5O/c1-2-4-9-21(8-3-1)16-18-6-5-15(19-16)17-7-10-20-11-13-22-14-12-20/h5-6H,1-4,7-14H2,(H,17,18,19). The van der Waals surface area contributed by atoms with Crippen LogP contribution < -0.4 is 10.2 Å². The van der Waals surface area contributed by atoms with Crippen molar-refractivity contribution in [3.63, 3.8) is 0 Å². The normalized spacial score (nSPS) is 20.6. The Morgan fingerprint density at radius 2 is 1.82 bits per heavy atom. The second kappa shape index (κ2) is 8.29. The van der Waals surface area contributed by atoms with Gasteiger partial charge in [-0.05, 0) is 18.9 Å². The van der Waals surface area contributed by atoms with Crippen LogP contribution in [0.25, 0.3) is 0 Å². The number of aromatic nitrogens is 2. The Morgan fingerprint density at radius 3 is 2.59 bits per heavy atom. The SMILES string of the molecule is c1cc(NCCN2CCOCC2)nc(N2CCCCCC2)n1. The fraction of sp³-hybridized carbons (Fsp3) is 0.750. The summed E-state index contributed by atoms with van der Waals surface area (Å²) in [6.45, 7) is 7.88. The van der Waals surface area contributed by atoms with Gasteiger partial charge in [0.25, 0.3) is 0 Å². The fourth-order valence-electron chi connectivity index (χ4n) is 3.04. The average molecular weight is 305 g/mol. The largest absolute Gasteiger partial charge is 0.379 e. The van der Waals surface area contributed by atoms with Gasteiger partial charge in [-0.15, -0.1) is 0 Å². The van der Waals surface area contributed by atoms with Crippen molar-refractivity contribution in [3.8, 4) is 0 Å². The number of hydrogen-bond acceptors (Lipinski definition) is 6. The van der Waals surface area contributed by atoms with Crippen molar-refractivity contribution >= 4 is 11.8 Å². The quantitative estimate of drug-likeness (QED) is 0.892. The molecular formula is C16H27N5O. The molecule has 0 bridgehead atoms. The van der Waals surface area contributed by atoms with Gasteiger partial charge >= 0.3 is 0 Å². The molecule has 2 aliphatic rings. The maximum Gasteiger partial charge on any atom is 0.227 e. The molecule has 1 aromatic heterocycles. The van der Waals surface area contributed by atoms with Crippen molar-refractivity contribution in [2.24, 2.45) is 0 Å². The predicted octanol–water partition coefficient (Wildman–Crippen LogP) is 1.60. The molecule has 2 saturated heterocycles. The topological polar surface area (TPSA) is 53.5 Å². The van der Waals surface area contributed by atoms with E-state index in [9.17, 15) is 0 Å². The van der Waals surface area contributed by atoms with Crippen LogP contribution >= 0.6 is 0 Å². The van der Waals surface area contributed by atoms with E-state index in [0.29, 0.717) is 0 Å². The van der Waals surface area contributed by atoms with E-state index in [0.717, 1.165) is 64.2 Å². The van der Waals surface area contributed by atoms with Gasteiger partial charge in [-0.2, -0.15) is 4.98 Å². The van der Waals surface area contributed by atoms with Crippen LogP contribution in [0.15, 0.2) is 12.3 Å². The molecule has 122 valence electrons. The first-order valence-corrected chi connectivity index (χ1v) is 8.54. The predicted molar refractivity (Wildman–Crippen MR) is 88.5 cm³/mol. The van der Waals surface area contributed by atoms with E-state index < -0.39 is 0 Å². The van der Waals surface area contributed by atoms with Crippen LogP contribution in [0.4, 0.5) is 11.8 Å². The lowest BCUT2D eigenvalue weighted by molar-refractivity contribution is 0.0398. The Hall–Kier alpha value is -1.40. The van der Waals surface area contributed by atoms with E-state index in [1.165, 1.54) is 25.7 Å². The molecule has 3 rings (SSSR count). The zero-order valence-electron chi connectivity index (χ0n) is 13.3. The van der Waals surface area contributed by atoms with Gasteiger partial charge < -0.3 is 15.0 Å². The van der Waals surface area contributed by atoms with Crippen LogP contribution in [0.1, 0.15) is 25.7 Å². The third-order valence-corrected chi connectivity index (χ3v) is 4.37. The molecule has 6 nitrogen and oxygen atoms in total. The van der Waals surface area contributed by atoms with Gasteiger partial charge in [0, 0.05) is 45.5 Å². The number of hydrogen-bond donors (Lipinski definition) is 1. The van der Waals surface area contributed by atoms with Gasteiger partial charge in [0.05, 0.1) is 13.2 Å². The Labute approximate surface area is 132 Å². The van der Waals surface area contributed by atoms with Gasteiger partial charge in [0.1, 0.15) is 5.82 Å². The molecule has 0 unspecified atom stereocenters. The van der Waals surface area contributed by atoms with Crippen LogP contribution in [-0.4, -0.2) is 67.4 Å². The van der Waals surface area contributed by atoms with Gasteiger partial charge in [-0.3, -0.25) is 4.90 Å². The van der Waals surface area contributed by atoms with E-state index in [1.54, 1.807) is 0 Å². The minimum Gasteiger partial charge on any atom is -0.379 e. The van der Waals surface area contributed by atoms with E-state index in [4.69, 9.17) is 4.74 Å². The molecule has 0 aromatic carbocycles. The minimum absolute atomic E-state index is 0.854. The highest BCUT2D eigenvalue weighted by atomic mass is 16.5. The highest BCUT2D eigenvalue weighted by molar-refractivity contribution is 5.41. The number of nitrogens with zero attached hydrogens (tertiary/aromatic N) is 4. The van der Waals surface area contributed by atoms with Gasteiger partial charge in [0.15, 0.2) is 0 Å². The van der Waals surface area contributed by atoms with E-state index in [1.807, 2.05) is 12.3 Å². The summed E-state index contributed by atoms with van der Waals surface area (Å²) >= 11 is 0. The van der Waals surface area contributed by atoms with Gasteiger partial charge in [-0.25, -0.2) is 4.98 Å². The van der Waals surface area contributed by atoms with Crippen molar-refractivity contribution < 1.29 is 4.74 Å². The number of nitrogens with one attached hydrogen (secondary N) is 1. The average Bonchev–Trinajstić information content (AvgIpc) is 2.85. The molecular weight excluding hydrogens is 278 g/mol. The smallest absolute Gasteiger partial charge is 0.227 e. The zero-order chi connectivity index (χ0) is 15.0. The first kappa shape index (κ1) is 15.5. The van der Waals surface area contributed by atoms with Crippen molar-refractivity contribution in [3.05, 3.63) is 12.3 Å². The van der Waals surface area contributed by atoms with Crippen LogP contribution in [0.3, 0.4) is 0 Å². The van der Waals surface area contributed by atoms with Crippen molar-refractivity contribution in [1.82, 2.24) is 14.9 Å². The van der Waals surface area contributed by atoms with Crippen molar-refractivity contribution in [2.45, 2.75) is 25.7 Å². The van der Waals surface area contributed by atoms with Crippen LogP contribution in [0.2, 0.25) is 0 Å². The Morgan fingerprint density at radius 1 is 1.05 bits per heavy atom. The lowest BCUT2D eigenvalue weighted by atomic mass is 10.2. The third kappa shape index (κ3) is 4.55. The fourth-order valence-corrected chi connectivity index (χ4v) is 3.04. The first-order valence-electron chi connectivity index (χ1n) is 8.54. The molecule has 0 amide bonds. The minimum atomic E-state index is 0.854. The molecule has 0 radical (unpaired) electrons. The summed E-state index contributed by atoms with van der Waals surface area (Å²) in [4.78, 5) is 13.9. The summed E-state index contributed by atoms with van der Waals surface area (Å²) in [5.74, 6) is 1.81. The van der Waals surface area contributed by atoms with E-state index in [-0.39, 0.29) is 0 Å².